The lowest BCUT2D eigenvalue weighted by atomic mass is 10.1. The van der Waals surface area contributed by atoms with E-state index in [1.165, 1.54) is 11.1 Å². The van der Waals surface area contributed by atoms with Crippen molar-refractivity contribution in [3.63, 3.8) is 0 Å². The van der Waals surface area contributed by atoms with E-state index in [2.05, 4.69) is 9.83 Å². The van der Waals surface area contributed by atoms with Gasteiger partial charge in [-0.25, -0.2) is 18.6 Å². The first-order valence-electron chi connectivity index (χ1n) is 8.57. The van der Waals surface area contributed by atoms with Crippen LogP contribution < -0.4 is 0 Å². The molecule has 7 heteroatoms. The van der Waals surface area contributed by atoms with Crippen molar-refractivity contribution < 1.29 is 13.6 Å². The number of aromatic nitrogens is 2. The van der Waals surface area contributed by atoms with Gasteiger partial charge in [0.1, 0.15) is 18.0 Å². The first kappa shape index (κ1) is 17.2. The molecule has 1 amide bonds. The van der Waals surface area contributed by atoms with Crippen LogP contribution in [0.4, 0.5) is 14.5 Å². The Labute approximate surface area is 154 Å². The number of carbonyl (C=O) groups is 1. The average Bonchev–Trinajstić information content (AvgIpc) is 3.10. The monoisotopic (exact) mass is 366 g/mol. The van der Waals surface area contributed by atoms with Crippen LogP contribution >= 0.6 is 0 Å². The number of carbonyl (C=O) groups excluding carboxylic acids is 1. The maximum Gasteiger partial charge on any atom is 0.255 e. The molecule has 0 spiro atoms. The molecule has 0 aliphatic carbocycles. The van der Waals surface area contributed by atoms with Gasteiger partial charge in [-0.3, -0.25) is 4.79 Å². The van der Waals surface area contributed by atoms with Gasteiger partial charge < -0.3 is 9.47 Å². The molecule has 136 valence electrons. The molecule has 1 aromatic carbocycles. The Morgan fingerprint density at radius 3 is 2.52 bits per heavy atom. The smallest absolute Gasteiger partial charge is 0.255 e. The van der Waals surface area contributed by atoms with E-state index in [0.717, 1.165) is 11.1 Å². The molecule has 1 aliphatic heterocycles. The Kier molecular flexibility index (Phi) is 4.32. The Morgan fingerprint density at radius 1 is 1.15 bits per heavy atom. The number of amides is 1. The van der Waals surface area contributed by atoms with E-state index in [1.807, 2.05) is 29.0 Å². The predicted molar refractivity (Wildman–Crippen MR) is 97.6 cm³/mol. The van der Waals surface area contributed by atoms with Crippen molar-refractivity contribution in [2.24, 2.45) is 0 Å². The molecule has 5 nitrogen and oxygen atoms in total. The molecule has 1 aliphatic rings. The second-order valence-electron chi connectivity index (χ2n) is 6.59. The van der Waals surface area contributed by atoms with Crippen molar-refractivity contribution in [1.29, 1.82) is 0 Å². The van der Waals surface area contributed by atoms with E-state index in [1.54, 1.807) is 18.2 Å². The lowest BCUT2D eigenvalue weighted by Crippen LogP contribution is -2.45. The van der Waals surface area contributed by atoms with Crippen molar-refractivity contribution >= 4 is 22.6 Å². The van der Waals surface area contributed by atoms with E-state index in [4.69, 9.17) is 6.57 Å². The highest BCUT2D eigenvalue weighted by Crippen LogP contribution is 2.23. The molecule has 1 fully saturated rings. The number of likely N-dealkylation sites (tertiary alicyclic amines) is 1. The summed E-state index contributed by atoms with van der Waals surface area (Å²) in [5.41, 5.74) is 2.37. The normalized spacial score (nSPS) is 19.8. The summed E-state index contributed by atoms with van der Waals surface area (Å²) in [5, 5.41) is 0.751. The zero-order valence-electron chi connectivity index (χ0n) is 14.3. The molecular weight excluding hydrogens is 350 g/mol. The molecule has 0 bridgehead atoms. The van der Waals surface area contributed by atoms with Crippen LogP contribution in [0.1, 0.15) is 16.8 Å². The number of nitrogens with zero attached hydrogens (tertiary/aromatic N) is 4. The fourth-order valence-corrected chi connectivity index (χ4v) is 3.36. The highest BCUT2D eigenvalue weighted by Gasteiger charge is 2.30. The minimum Gasteiger partial charge on any atom is -0.333 e. The number of hydrogen-bond donors (Lipinski definition) is 0. The highest BCUT2D eigenvalue weighted by molar-refractivity contribution is 5.97. The summed E-state index contributed by atoms with van der Waals surface area (Å²) in [6, 6.07) is 10.6. The number of rotatable bonds is 2. The number of piperidine rings is 1. The van der Waals surface area contributed by atoms with Gasteiger partial charge in [0.05, 0.1) is 25.2 Å². The van der Waals surface area contributed by atoms with Gasteiger partial charge in [0.25, 0.3) is 5.91 Å². The fourth-order valence-electron chi connectivity index (χ4n) is 3.36. The van der Waals surface area contributed by atoms with Crippen LogP contribution in [0.3, 0.4) is 0 Å². The Bertz CT molecular complexity index is 1030. The maximum atomic E-state index is 13.6. The van der Waals surface area contributed by atoms with Gasteiger partial charge in [-0.05, 0) is 24.3 Å². The van der Waals surface area contributed by atoms with E-state index in [-0.39, 0.29) is 19.5 Å². The first-order valence-corrected chi connectivity index (χ1v) is 8.57. The van der Waals surface area contributed by atoms with Crippen LogP contribution in [-0.4, -0.2) is 45.8 Å². The standard InChI is InChI=1S/C20H16F2N4O/c1-23-17-2-4-18(5-3-17)26-7-6-13-8-14(10-24-19(13)26)20(27)25-11-15(21)9-16(22)12-25/h2-8,10,15-16H,9,11-12H2/t15-,16+. The number of fused-ring (bicyclic) bond motifs is 1. The molecule has 2 aromatic heterocycles. The third kappa shape index (κ3) is 3.26. The summed E-state index contributed by atoms with van der Waals surface area (Å²) in [6.45, 7) is 6.83. The van der Waals surface area contributed by atoms with E-state index in [0.29, 0.717) is 16.9 Å². The Balaban J connectivity index is 1.64. The topological polar surface area (TPSA) is 42.5 Å². The zero-order chi connectivity index (χ0) is 19.0. The maximum absolute atomic E-state index is 13.6. The van der Waals surface area contributed by atoms with Crippen LogP contribution in [0.25, 0.3) is 21.6 Å². The largest absolute Gasteiger partial charge is 0.333 e. The number of alkyl halides is 2. The van der Waals surface area contributed by atoms with Crippen molar-refractivity contribution in [3.8, 4) is 5.69 Å². The summed E-state index contributed by atoms with van der Waals surface area (Å²) >= 11 is 0. The molecule has 27 heavy (non-hydrogen) atoms. The second kappa shape index (κ2) is 6.80. The average molecular weight is 366 g/mol. The minimum absolute atomic E-state index is 0.0916. The van der Waals surface area contributed by atoms with Gasteiger partial charge in [-0.1, -0.05) is 12.1 Å². The third-order valence-electron chi connectivity index (χ3n) is 4.67. The number of pyridine rings is 1. The van der Waals surface area contributed by atoms with Gasteiger partial charge in [0, 0.05) is 29.9 Å². The van der Waals surface area contributed by atoms with Crippen LogP contribution in [0.5, 0.6) is 0 Å². The van der Waals surface area contributed by atoms with Crippen molar-refractivity contribution in [1.82, 2.24) is 14.5 Å². The zero-order valence-corrected chi connectivity index (χ0v) is 14.3. The quantitative estimate of drug-likeness (QED) is 0.641. The second-order valence-corrected chi connectivity index (χ2v) is 6.59. The van der Waals surface area contributed by atoms with Crippen LogP contribution in [0.15, 0.2) is 48.8 Å². The summed E-state index contributed by atoms with van der Waals surface area (Å²) < 4.78 is 29.0. The molecule has 0 saturated carbocycles. The summed E-state index contributed by atoms with van der Waals surface area (Å²) in [4.78, 5) is 21.6. The summed E-state index contributed by atoms with van der Waals surface area (Å²) in [6.07, 6.45) is 0.428. The van der Waals surface area contributed by atoms with Crippen LogP contribution in [0.2, 0.25) is 0 Å². The molecule has 4 rings (SSSR count). The number of hydrogen-bond acceptors (Lipinski definition) is 2. The number of benzene rings is 1. The molecule has 2 atom stereocenters. The molecule has 0 N–H and O–H groups in total. The van der Waals surface area contributed by atoms with Crippen LogP contribution in [0, 0.1) is 6.57 Å². The van der Waals surface area contributed by atoms with Gasteiger partial charge in [0.2, 0.25) is 0 Å². The van der Waals surface area contributed by atoms with E-state index < -0.39 is 18.3 Å². The lowest BCUT2D eigenvalue weighted by molar-refractivity contribution is 0.0469. The predicted octanol–water partition coefficient (Wildman–Crippen LogP) is 4.10. The lowest BCUT2D eigenvalue weighted by Gasteiger charge is -2.31. The number of halogens is 2. The fraction of sp³-hybridized carbons (Fsp3) is 0.250. The van der Waals surface area contributed by atoms with Gasteiger partial charge >= 0.3 is 0 Å². The molecular formula is C20H16F2N4O. The Morgan fingerprint density at radius 2 is 1.85 bits per heavy atom. The molecule has 1 saturated heterocycles. The van der Waals surface area contributed by atoms with Crippen LogP contribution in [-0.2, 0) is 0 Å². The summed E-state index contributed by atoms with van der Waals surface area (Å²) in [5.74, 6) is -0.413. The van der Waals surface area contributed by atoms with Gasteiger partial charge in [-0.15, -0.1) is 0 Å². The van der Waals surface area contributed by atoms with Gasteiger partial charge in [-0.2, -0.15) is 0 Å². The first-order chi connectivity index (χ1) is 13.0. The molecule has 0 unspecified atom stereocenters. The van der Waals surface area contributed by atoms with Gasteiger partial charge in [0.15, 0.2) is 5.69 Å². The molecule has 3 heterocycles. The van der Waals surface area contributed by atoms with E-state index >= 15 is 0 Å². The summed E-state index contributed by atoms with van der Waals surface area (Å²) in [7, 11) is 0. The SMILES string of the molecule is [C-]#[N+]c1ccc(-n2ccc3cc(C(=O)N4C[C@H](F)C[C@H](F)C4)cnc32)cc1. The Hall–Kier alpha value is -3.27. The van der Waals surface area contributed by atoms with E-state index in [9.17, 15) is 13.6 Å². The third-order valence-corrected chi connectivity index (χ3v) is 4.67. The van der Waals surface area contributed by atoms with Crippen molar-refractivity contribution in [3.05, 3.63) is 65.8 Å². The van der Waals surface area contributed by atoms with Crippen molar-refractivity contribution in [2.45, 2.75) is 18.8 Å². The highest BCUT2D eigenvalue weighted by atomic mass is 19.1. The minimum atomic E-state index is -1.34. The molecule has 0 radical (unpaired) electrons. The van der Waals surface area contributed by atoms with Crippen molar-refractivity contribution in [2.75, 3.05) is 13.1 Å². The molecule has 3 aromatic rings.